The number of rotatable bonds is 3. The average molecular weight is 281 g/mol. The van der Waals surface area contributed by atoms with Crippen LogP contribution in [0.1, 0.15) is 30.9 Å². The first-order valence-corrected chi connectivity index (χ1v) is 7.39. The van der Waals surface area contributed by atoms with E-state index in [0.717, 1.165) is 24.9 Å². The summed E-state index contributed by atoms with van der Waals surface area (Å²) in [6.07, 6.45) is 3.85. The molecule has 2 unspecified atom stereocenters. The van der Waals surface area contributed by atoms with Gasteiger partial charge < -0.3 is 5.32 Å². The predicted octanol–water partition coefficient (Wildman–Crippen LogP) is 2.85. The second kappa shape index (κ2) is 6.74. The number of hydrogen-bond donors (Lipinski definition) is 1. The van der Waals surface area contributed by atoms with Gasteiger partial charge in [-0.3, -0.25) is 4.90 Å². The highest BCUT2D eigenvalue weighted by atomic mass is 35.5. The number of hydrogen-bond acceptors (Lipinski definition) is 2. The Hall–Kier alpha value is -0.570. The molecule has 1 aromatic carbocycles. The summed E-state index contributed by atoms with van der Waals surface area (Å²) >= 11 is 0. The number of likely N-dealkylation sites (tertiary alicyclic amines) is 1. The Morgan fingerprint density at radius 3 is 2.79 bits per heavy atom. The van der Waals surface area contributed by atoms with E-state index in [-0.39, 0.29) is 12.4 Å². The molecule has 2 nitrogen and oxygen atoms in total. The third kappa shape index (κ3) is 3.31. The van der Waals surface area contributed by atoms with Crippen LogP contribution in [0.2, 0.25) is 0 Å². The van der Waals surface area contributed by atoms with Gasteiger partial charge in [-0.2, -0.15) is 0 Å². The van der Waals surface area contributed by atoms with E-state index < -0.39 is 0 Å². The molecule has 0 aliphatic carbocycles. The molecule has 0 radical (unpaired) electrons. The Kier molecular flexibility index (Phi) is 5.26. The molecule has 2 atom stereocenters. The zero-order valence-electron chi connectivity index (χ0n) is 11.8. The Balaban J connectivity index is 0.00000133. The van der Waals surface area contributed by atoms with E-state index in [2.05, 4.69) is 41.4 Å². The minimum atomic E-state index is 0. The van der Waals surface area contributed by atoms with Crippen molar-refractivity contribution >= 4 is 12.4 Å². The molecule has 2 aliphatic heterocycles. The van der Waals surface area contributed by atoms with Crippen LogP contribution in [0.3, 0.4) is 0 Å². The van der Waals surface area contributed by atoms with Crippen LogP contribution < -0.4 is 5.32 Å². The fourth-order valence-electron chi connectivity index (χ4n) is 3.56. The third-order valence-electron chi connectivity index (χ3n) is 4.63. The summed E-state index contributed by atoms with van der Waals surface area (Å²) in [6.45, 7) is 7.18. The van der Waals surface area contributed by atoms with Crippen LogP contribution in [-0.4, -0.2) is 30.6 Å². The van der Waals surface area contributed by atoms with Gasteiger partial charge in [0.15, 0.2) is 0 Å². The lowest BCUT2D eigenvalue weighted by atomic mass is 9.92. The number of halogens is 1. The molecule has 0 saturated carbocycles. The van der Waals surface area contributed by atoms with E-state index in [9.17, 15) is 0 Å². The van der Waals surface area contributed by atoms with Crippen molar-refractivity contribution < 1.29 is 0 Å². The lowest BCUT2D eigenvalue weighted by Crippen LogP contribution is -2.44. The van der Waals surface area contributed by atoms with Crippen molar-refractivity contribution in [1.82, 2.24) is 10.2 Å². The molecular formula is C16H25ClN2. The lowest BCUT2D eigenvalue weighted by Gasteiger charge is -2.35. The van der Waals surface area contributed by atoms with Gasteiger partial charge in [-0.1, -0.05) is 31.2 Å². The first-order chi connectivity index (χ1) is 8.86. The van der Waals surface area contributed by atoms with Crippen molar-refractivity contribution in [2.45, 2.75) is 38.8 Å². The van der Waals surface area contributed by atoms with Crippen molar-refractivity contribution in [2.75, 3.05) is 19.6 Å². The molecule has 2 saturated heterocycles. The monoisotopic (exact) mass is 280 g/mol. The van der Waals surface area contributed by atoms with Crippen molar-refractivity contribution in [3.05, 3.63) is 35.4 Å². The molecule has 0 aromatic heterocycles. The highest BCUT2D eigenvalue weighted by molar-refractivity contribution is 5.85. The molecule has 1 aromatic rings. The van der Waals surface area contributed by atoms with Gasteiger partial charge in [0.2, 0.25) is 0 Å². The second-order valence-corrected chi connectivity index (χ2v) is 5.76. The van der Waals surface area contributed by atoms with Crippen LogP contribution in [0.4, 0.5) is 0 Å². The molecular weight excluding hydrogens is 256 g/mol. The Morgan fingerprint density at radius 2 is 2.00 bits per heavy atom. The Labute approximate surface area is 123 Å². The summed E-state index contributed by atoms with van der Waals surface area (Å²) in [7, 11) is 0. The van der Waals surface area contributed by atoms with E-state index in [1.54, 1.807) is 0 Å². The van der Waals surface area contributed by atoms with Crippen molar-refractivity contribution in [2.24, 2.45) is 5.92 Å². The highest BCUT2D eigenvalue weighted by Gasteiger charge is 2.32. The molecule has 3 rings (SSSR count). The number of nitrogens with zero attached hydrogens (tertiary/aromatic N) is 1. The fraction of sp³-hybridized carbons (Fsp3) is 0.625. The minimum absolute atomic E-state index is 0. The van der Waals surface area contributed by atoms with E-state index in [4.69, 9.17) is 0 Å². The molecule has 2 fully saturated rings. The van der Waals surface area contributed by atoms with Gasteiger partial charge >= 0.3 is 0 Å². The fourth-order valence-corrected chi connectivity index (χ4v) is 3.56. The van der Waals surface area contributed by atoms with Crippen LogP contribution in [0, 0.1) is 5.92 Å². The van der Waals surface area contributed by atoms with Gasteiger partial charge in [-0.15, -0.1) is 12.4 Å². The normalized spacial score (nSPS) is 26.8. The van der Waals surface area contributed by atoms with Gasteiger partial charge in [0.25, 0.3) is 0 Å². The Morgan fingerprint density at radius 1 is 1.21 bits per heavy atom. The van der Waals surface area contributed by atoms with Gasteiger partial charge in [-0.05, 0) is 49.4 Å². The maximum absolute atomic E-state index is 3.64. The maximum Gasteiger partial charge on any atom is 0.0236 e. The summed E-state index contributed by atoms with van der Waals surface area (Å²) in [4.78, 5) is 2.66. The minimum Gasteiger partial charge on any atom is -0.314 e. The van der Waals surface area contributed by atoms with Crippen LogP contribution in [0.25, 0.3) is 0 Å². The van der Waals surface area contributed by atoms with Crippen molar-refractivity contribution in [3.8, 4) is 0 Å². The number of piperidine rings is 1. The highest BCUT2D eigenvalue weighted by Crippen LogP contribution is 2.26. The molecule has 1 N–H and O–H groups in total. The zero-order valence-corrected chi connectivity index (χ0v) is 12.6. The van der Waals surface area contributed by atoms with Gasteiger partial charge in [-0.25, -0.2) is 0 Å². The molecule has 19 heavy (non-hydrogen) atoms. The average Bonchev–Trinajstić information content (AvgIpc) is 2.87. The number of fused-ring (bicyclic) bond motifs is 1. The third-order valence-corrected chi connectivity index (χ3v) is 4.63. The molecule has 0 bridgehead atoms. The van der Waals surface area contributed by atoms with Crippen LogP contribution in [0.5, 0.6) is 0 Å². The first-order valence-electron chi connectivity index (χ1n) is 7.39. The number of nitrogens with one attached hydrogen (secondary N) is 1. The summed E-state index contributed by atoms with van der Waals surface area (Å²) < 4.78 is 0. The van der Waals surface area contributed by atoms with E-state index in [0.29, 0.717) is 0 Å². The van der Waals surface area contributed by atoms with Crippen molar-refractivity contribution in [3.63, 3.8) is 0 Å². The summed E-state index contributed by atoms with van der Waals surface area (Å²) in [5.74, 6) is 0.896. The SMILES string of the molecule is CCc1ccccc1CN1CCC2NCCC2C1.Cl. The second-order valence-electron chi connectivity index (χ2n) is 5.76. The molecule has 3 heteroatoms. The van der Waals surface area contributed by atoms with Gasteiger partial charge in [0, 0.05) is 19.1 Å². The van der Waals surface area contributed by atoms with Crippen LogP contribution >= 0.6 is 12.4 Å². The van der Waals surface area contributed by atoms with Crippen LogP contribution in [-0.2, 0) is 13.0 Å². The molecule has 2 heterocycles. The maximum atomic E-state index is 3.64. The standard InChI is InChI=1S/C16H24N2.ClH/c1-2-13-5-3-4-6-14(13)11-18-10-8-16-15(12-18)7-9-17-16;/h3-6,15-17H,2,7-12H2,1H3;1H. The van der Waals surface area contributed by atoms with Gasteiger partial charge in [0.05, 0.1) is 0 Å². The lowest BCUT2D eigenvalue weighted by molar-refractivity contribution is 0.155. The Bertz CT molecular complexity index is 407. The largest absolute Gasteiger partial charge is 0.314 e. The molecule has 0 spiro atoms. The van der Waals surface area contributed by atoms with Gasteiger partial charge in [0.1, 0.15) is 0 Å². The number of aryl methyl sites for hydroxylation is 1. The van der Waals surface area contributed by atoms with Crippen molar-refractivity contribution in [1.29, 1.82) is 0 Å². The molecule has 2 aliphatic rings. The zero-order chi connectivity index (χ0) is 12.4. The first kappa shape index (κ1) is 14.8. The quantitative estimate of drug-likeness (QED) is 0.916. The molecule has 106 valence electrons. The smallest absolute Gasteiger partial charge is 0.0236 e. The summed E-state index contributed by atoms with van der Waals surface area (Å²) in [6, 6.07) is 9.73. The summed E-state index contributed by atoms with van der Waals surface area (Å²) in [5.41, 5.74) is 3.05. The number of benzene rings is 1. The molecule has 0 amide bonds. The topological polar surface area (TPSA) is 15.3 Å². The van der Waals surface area contributed by atoms with E-state index in [1.165, 1.54) is 43.6 Å². The van der Waals surface area contributed by atoms with E-state index >= 15 is 0 Å². The van der Waals surface area contributed by atoms with E-state index in [1.807, 2.05) is 0 Å². The predicted molar refractivity (Wildman–Crippen MR) is 82.9 cm³/mol. The summed E-state index contributed by atoms with van der Waals surface area (Å²) in [5, 5.41) is 3.64. The van der Waals surface area contributed by atoms with Crippen LogP contribution in [0.15, 0.2) is 24.3 Å².